The second-order valence-electron chi connectivity index (χ2n) is 6.92. The first kappa shape index (κ1) is 20.5. The molecule has 0 spiro atoms. The molecule has 0 bridgehead atoms. The highest BCUT2D eigenvalue weighted by molar-refractivity contribution is 14.0. The summed E-state index contributed by atoms with van der Waals surface area (Å²) in [6.07, 6.45) is 6.10. The Labute approximate surface area is 171 Å². The van der Waals surface area contributed by atoms with Gasteiger partial charge < -0.3 is 15.5 Å². The first-order valence-corrected chi connectivity index (χ1v) is 9.81. The number of halogens is 1. The highest BCUT2D eigenvalue weighted by atomic mass is 127. The van der Waals surface area contributed by atoms with Crippen LogP contribution in [0.1, 0.15) is 43.0 Å². The molecule has 25 heavy (non-hydrogen) atoms. The number of guanidine groups is 1. The van der Waals surface area contributed by atoms with Crippen molar-refractivity contribution in [2.75, 3.05) is 26.7 Å². The lowest BCUT2D eigenvalue weighted by Gasteiger charge is -2.41. The number of carbonyl (C=O) groups is 1. The van der Waals surface area contributed by atoms with Gasteiger partial charge >= 0.3 is 0 Å². The fourth-order valence-electron chi connectivity index (χ4n) is 3.56. The van der Waals surface area contributed by atoms with Crippen LogP contribution < -0.4 is 10.6 Å². The molecule has 1 aromatic rings. The summed E-state index contributed by atoms with van der Waals surface area (Å²) in [6, 6.07) is 2.14. The Morgan fingerprint density at radius 2 is 2.20 bits per heavy atom. The van der Waals surface area contributed by atoms with E-state index in [2.05, 4.69) is 34.0 Å². The fourth-order valence-corrected chi connectivity index (χ4v) is 4.45. The van der Waals surface area contributed by atoms with Gasteiger partial charge in [-0.3, -0.25) is 9.79 Å². The molecule has 2 heterocycles. The zero-order chi connectivity index (χ0) is 17.0. The first-order chi connectivity index (χ1) is 11.7. The molecule has 3 rings (SSSR count). The topological polar surface area (TPSA) is 56.7 Å². The van der Waals surface area contributed by atoms with Gasteiger partial charge in [-0.15, -0.1) is 35.3 Å². The number of fused-ring (bicyclic) bond motifs is 1. The molecule has 0 radical (unpaired) electrons. The van der Waals surface area contributed by atoms with Crippen LogP contribution in [-0.2, 0) is 17.8 Å². The van der Waals surface area contributed by atoms with E-state index < -0.39 is 0 Å². The predicted octanol–water partition coefficient (Wildman–Crippen LogP) is 3.00. The Balaban J connectivity index is 0.00000225. The smallest absolute Gasteiger partial charge is 0.242 e. The monoisotopic (exact) mass is 476 g/mol. The maximum absolute atomic E-state index is 12.5. The largest absolute Gasteiger partial charge is 0.356 e. The minimum atomic E-state index is 0. The van der Waals surface area contributed by atoms with Gasteiger partial charge in [0.1, 0.15) is 0 Å². The van der Waals surface area contributed by atoms with Gasteiger partial charge in [-0.05, 0) is 48.1 Å². The highest BCUT2D eigenvalue weighted by Gasteiger charge is 2.35. The third kappa shape index (κ3) is 4.87. The zero-order valence-corrected chi connectivity index (χ0v) is 18.3. The minimum absolute atomic E-state index is 0. The summed E-state index contributed by atoms with van der Waals surface area (Å²) in [5.74, 6) is 0.875. The molecule has 1 aliphatic carbocycles. The lowest BCUT2D eigenvalue weighted by atomic mass is 9.67. The summed E-state index contributed by atoms with van der Waals surface area (Å²) in [5, 5.41) is 8.70. The molecular weight excluding hydrogens is 447 g/mol. The van der Waals surface area contributed by atoms with Gasteiger partial charge in [0.2, 0.25) is 5.91 Å². The lowest BCUT2D eigenvalue weighted by molar-refractivity contribution is -0.130. The summed E-state index contributed by atoms with van der Waals surface area (Å²) >= 11 is 1.80. The van der Waals surface area contributed by atoms with Crippen molar-refractivity contribution in [1.29, 1.82) is 0 Å². The zero-order valence-electron chi connectivity index (χ0n) is 15.1. The van der Waals surface area contributed by atoms with E-state index in [4.69, 9.17) is 0 Å². The number of thiophene rings is 1. The highest BCUT2D eigenvalue weighted by Crippen LogP contribution is 2.42. The molecule has 2 aliphatic rings. The number of amides is 1. The first-order valence-electron chi connectivity index (χ1n) is 8.93. The van der Waals surface area contributed by atoms with Gasteiger partial charge in [-0.2, -0.15) is 0 Å². The van der Waals surface area contributed by atoms with Crippen molar-refractivity contribution in [1.82, 2.24) is 15.5 Å². The summed E-state index contributed by atoms with van der Waals surface area (Å²) in [7, 11) is 1.76. The summed E-state index contributed by atoms with van der Waals surface area (Å²) < 4.78 is 0. The van der Waals surface area contributed by atoms with Gasteiger partial charge in [0.05, 0.1) is 6.54 Å². The van der Waals surface area contributed by atoms with Crippen LogP contribution in [0.2, 0.25) is 0 Å². The van der Waals surface area contributed by atoms with E-state index in [-0.39, 0.29) is 29.9 Å². The van der Waals surface area contributed by atoms with Crippen molar-refractivity contribution >= 4 is 47.2 Å². The standard InChI is InChI=1S/C18H28N4OS.HI/c1-3-18(7-4-8-18)13-21-17(19-2)20-11-16(23)22-9-5-15-14(12-22)6-10-24-15;/h6,10H,3-5,7-9,11-13H2,1-2H3,(H2,19,20,21);1H. The van der Waals surface area contributed by atoms with Crippen LogP contribution in [0.25, 0.3) is 0 Å². The molecular formula is C18H29IN4OS. The molecule has 140 valence electrons. The Hall–Kier alpha value is -0.830. The second kappa shape index (κ2) is 9.21. The van der Waals surface area contributed by atoms with Crippen LogP contribution in [0.4, 0.5) is 0 Å². The van der Waals surface area contributed by atoms with E-state index in [1.54, 1.807) is 18.4 Å². The molecule has 1 aromatic heterocycles. The number of hydrogen-bond acceptors (Lipinski definition) is 3. The van der Waals surface area contributed by atoms with Gasteiger partial charge in [0.15, 0.2) is 5.96 Å². The van der Waals surface area contributed by atoms with Crippen molar-refractivity contribution in [3.8, 4) is 0 Å². The van der Waals surface area contributed by atoms with Crippen molar-refractivity contribution in [2.24, 2.45) is 10.4 Å². The molecule has 0 atom stereocenters. The molecule has 7 heteroatoms. The Morgan fingerprint density at radius 1 is 1.40 bits per heavy atom. The Kier molecular flexibility index (Phi) is 7.54. The number of carbonyl (C=O) groups excluding carboxylic acids is 1. The molecule has 2 N–H and O–H groups in total. The van der Waals surface area contributed by atoms with Crippen LogP contribution in [0, 0.1) is 5.41 Å². The fraction of sp³-hybridized carbons (Fsp3) is 0.667. The van der Waals surface area contributed by atoms with E-state index in [1.165, 1.54) is 36.1 Å². The molecule has 1 amide bonds. The molecule has 1 saturated carbocycles. The number of hydrogen-bond donors (Lipinski definition) is 2. The van der Waals surface area contributed by atoms with E-state index in [0.717, 1.165) is 32.0 Å². The van der Waals surface area contributed by atoms with Gasteiger partial charge in [-0.1, -0.05) is 13.3 Å². The normalized spacial score (nSPS) is 18.6. The number of rotatable bonds is 5. The van der Waals surface area contributed by atoms with Crippen molar-refractivity contribution in [2.45, 2.75) is 45.6 Å². The van der Waals surface area contributed by atoms with Gasteiger partial charge in [0.25, 0.3) is 0 Å². The summed E-state index contributed by atoms with van der Waals surface area (Å²) in [5.41, 5.74) is 1.74. The summed E-state index contributed by atoms with van der Waals surface area (Å²) in [6.45, 7) is 5.07. The van der Waals surface area contributed by atoms with E-state index in [0.29, 0.717) is 12.0 Å². The number of aliphatic imine (C=N–C) groups is 1. The third-order valence-electron chi connectivity index (χ3n) is 5.59. The van der Waals surface area contributed by atoms with Crippen LogP contribution in [-0.4, -0.2) is 43.4 Å². The molecule has 1 fully saturated rings. The molecule has 0 aromatic carbocycles. The average molecular weight is 476 g/mol. The van der Waals surface area contributed by atoms with Crippen molar-refractivity contribution in [3.05, 3.63) is 21.9 Å². The quantitative estimate of drug-likeness (QED) is 0.391. The summed E-state index contributed by atoms with van der Waals surface area (Å²) in [4.78, 5) is 20.1. The van der Waals surface area contributed by atoms with E-state index >= 15 is 0 Å². The van der Waals surface area contributed by atoms with Crippen LogP contribution in [0.3, 0.4) is 0 Å². The average Bonchev–Trinajstić information content (AvgIpc) is 3.04. The van der Waals surface area contributed by atoms with E-state index in [1.807, 2.05) is 4.90 Å². The van der Waals surface area contributed by atoms with Gasteiger partial charge in [-0.25, -0.2) is 0 Å². The Bertz CT molecular complexity index is 606. The van der Waals surface area contributed by atoms with E-state index in [9.17, 15) is 4.79 Å². The maximum Gasteiger partial charge on any atom is 0.242 e. The molecule has 0 unspecified atom stereocenters. The Morgan fingerprint density at radius 3 is 2.84 bits per heavy atom. The lowest BCUT2D eigenvalue weighted by Crippen LogP contribution is -2.49. The van der Waals surface area contributed by atoms with Crippen molar-refractivity contribution in [3.63, 3.8) is 0 Å². The molecule has 1 aliphatic heterocycles. The van der Waals surface area contributed by atoms with Crippen LogP contribution in [0.5, 0.6) is 0 Å². The van der Waals surface area contributed by atoms with Gasteiger partial charge in [0, 0.05) is 31.6 Å². The SMILES string of the molecule is CCC1(CNC(=NC)NCC(=O)N2CCc3sccc3C2)CCC1.I. The van der Waals surface area contributed by atoms with Crippen LogP contribution >= 0.6 is 35.3 Å². The third-order valence-corrected chi connectivity index (χ3v) is 6.61. The molecule has 5 nitrogen and oxygen atoms in total. The van der Waals surface area contributed by atoms with Crippen molar-refractivity contribution < 1.29 is 4.79 Å². The van der Waals surface area contributed by atoms with Crippen LogP contribution in [0.15, 0.2) is 16.4 Å². The molecule has 0 saturated heterocycles. The maximum atomic E-state index is 12.5. The number of nitrogens with one attached hydrogen (secondary N) is 2. The number of nitrogens with zero attached hydrogens (tertiary/aromatic N) is 2. The predicted molar refractivity (Wildman–Crippen MR) is 115 cm³/mol. The second-order valence-corrected chi connectivity index (χ2v) is 7.92. The minimum Gasteiger partial charge on any atom is -0.356 e.